The maximum atomic E-state index is 12.6. The summed E-state index contributed by atoms with van der Waals surface area (Å²) in [7, 11) is -3.18. The standard InChI is InChI=1S/C12H24N2O3S/c1-10-9-17-11(7-13)8-14(10)18(15,16)12-5-3-2-4-6-12/h10-12H,2-9,13H2,1H3. The van der Waals surface area contributed by atoms with E-state index in [1.165, 1.54) is 0 Å². The van der Waals surface area contributed by atoms with Gasteiger partial charge in [0.2, 0.25) is 10.0 Å². The molecule has 106 valence electrons. The molecular weight excluding hydrogens is 252 g/mol. The summed E-state index contributed by atoms with van der Waals surface area (Å²) in [5.74, 6) is 0. The van der Waals surface area contributed by atoms with Crippen molar-refractivity contribution < 1.29 is 13.2 Å². The van der Waals surface area contributed by atoms with Crippen LogP contribution in [0.15, 0.2) is 0 Å². The van der Waals surface area contributed by atoms with Crippen LogP contribution in [0.3, 0.4) is 0 Å². The summed E-state index contributed by atoms with van der Waals surface area (Å²) < 4.78 is 32.4. The molecule has 0 bridgehead atoms. The Morgan fingerprint density at radius 3 is 2.56 bits per heavy atom. The predicted molar refractivity (Wildman–Crippen MR) is 70.8 cm³/mol. The van der Waals surface area contributed by atoms with E-state index in [0.717, 1.165) is 32.1 Å². The molecule has 2 rings (SSSR count). The molecule has 1 heterocycles. The molecular formula is C12H24N2O3S. The average molecular weight is 276 g/mol. The van der Waals surface area contributed by atoms with Gasteiger partial charge in [-0.2, -0.15) is 4.31 Å². The number of sulfonamides is 1. The van der Waals surface area contributed by atoms with E-state index in [2.05, 4.69) is 0 Å². The predicted octanol–water partition coefficient (Wildman–Crippen LogP) is 0.697. The molecule has 0 amide bonds. The molecule has 2 aliphatic rings. The van der Waals surface area contributed by atoms with E-state index in [1.807, 2.05) is 6.92 Å². The molecule has 1 aliphatic carbocycles. The second-order valence-corrected chi connectivity index (χ2v) is 7.58. The van der Waals surface area contributed by atoms with E-state index in [4.69, 9.17) is 10.5 Å². The number of hydrogen-bond acceptors (Lipinski definition) is 4. The van der Waals surface area contributed by atoms with Crippen LogP contribution < -0.4 is 5.73 Å². The van der Waals surface area contributed by atoms with Crippen molar-refractivity contribution in [2.24, 2.45) is 5.73 Å². The molecule has 0 spiro atoms. The fourth-order valence-corrected chi connectivity index (χ4v) is 5.09. The van der Waals surface area contributed by atoms with Crippen molar-refractivity contribution in [3.05, 3.63) is 0 Å². The van der Waals surface area contributed by atoms with Gasteiger partial charge in [-0.25, -0.2) is 8.42 Å². The molecule has 2 atom stereocenters. The van der Waals surface area contributed by atoms with Crippen LogP contribution in [0.1, 0.15) is 39.0 Å². The second-order valence-electron chi connectivity index (χ2n) is 5.41. The highest BCUT2D eigenvalue weighted by Crippen LogP contribution is 2.28. The minimum atomic E-state index is -3.18. The van der Waals surface area contributed by atoms with Gasteiger partial charge in [0.1, 0.15) is 0 Å². The molecule has 1 saturated heterocycles. The minimum absolute atomic E-state index is 0.0697. The maximum absolute atomic E-state index is 12.6. The zero-order chi connectivity index (χ0) is 13.2. The zero-order valence-electron chi connectivity index (χ0n) is 11.0. The van der Waals surface area contributed by atoms with Gasteiger partial charge >= 0.3 is 0 Å². The van der Waals surface area contributed by atoms with Crippen LogP contribution in [-0.4, -0.2) is 49.8 Å². The van der Waals surface area contributed by atoms with Crippen LogP contribution in [0.25, 0.3) is 0 Å². The van der Waals surface area contributed by atoms with Crippen molar-refractivity contribution in [2.75, 3.05) is 19.7 Å². The third kappa shape index (κ3) is 2.87. The van der Waals surface area contributed by atoms with Gasteiger partial charge in [-0.05, 0) is 19.8 Å². The summed E-state index contributed by atoms with van der Waals surface area (Å²) in [6.07, 6.45) is 4.68. The lowest BCUT2D eigenvalue weighted by Crippen LogP contribution is -2.55. The Morgan fingerprint density at radius 1 is 1.28 bits per heavy atom. The maximum Gasteiger partial charge on any atom is 0.217 e. The Labute approximate surface area is 110 Å². The van der Waals surface area contributed by atoms with Crippen LogP contribution in [-0.2, 0) is 14.8 Å². The van der Waals surface area contributed by atoms with Crippen LogP contribution in [0.2, 0.25) is 0 Å². The molecule has 6 heteroatoms. The summed E-state index contributed by atoms with van der Waals surface area (Å²) in [6, 6.07) is -0.0697. The molecule has 0 aromatic heterocycles. The number of nitrogens with two attached hydrogens (primary N) is 1. The van der Waals surface area contributed by atoms with Crippen LogP contribution in [0, 0.1) is 0 Å². The molecule has 2 N–H and O–H groups in total. The van der Waals surface area contributed by atoms with Crippen molar-refractivity contribution in [1.29, 1.82) is 0 Å². The number of nitrogens with zero attached hydrogens (tertiary/aromatic N) is 1. The topological polar surface area (TPSA) is 72.6 Å². The van der Waals surface area contributed by atoms with E-state index < -0.39 is 10.0 Å². The third-order valence-electron chi connectivity index (χ3n) is 4.01. The monoisotopic (exact) mass is 276 g/mol. The molecule has 5 nitrogen and oxygen atoms in total. The second kappa shape index (κ2) is 5.86. The zero-order valence-corrected chi connectivity index (χ0v) is 11.9. The highest BCUT2D eigenvalue weighted by atomic mass is 32.2. The first-order valence-electron chi connectivity index (χ1n) is 6.88. The van der Waals surface area contributed by atoms with Gasteiger partial charge in [0.25, 0.3) is 0 Å². The van der Waals surface area contributed by atoms with Crippen molar-refractivity contribution in [3.8, 4) is 0 Å². The van der Waals surface area contributed by atoms with E-state index >= 15 is 0 Å². The first kappa shape index (κ1) is 14.2. The molecule has 0 aromatic carbocycles. The Hall–Kier alpha value is -0.170. The van der Waals surface area contributed by atoms with Crippen molar-refractivity contribution >= 4 is 10.0 Å². The minimum Gasteiger partial charge on any atom is -0.374 e. The summed E-state index contributed by atoms with van der Waals surface area (Å²) in [5, 5.41) is -0.190. The summed E-state index contributed by atoms with van der Waals surface area (Å²) in [5.41, 5.74) is 5.59. The lowest BCUT2D eigenvalue weighted by atomic mass is 10.0. The Bertz CT molecular complexity index is 366. The molecule has 2 fully saturated rings. The Kier molecular flexibility index (Phi) is 4.64. The van der Waals surface area contributed by atoms with E-state index in [9.17, 15) is 8.42 Å². The van der Waals surface area contributed by atoms with Gasteiger partial charge in [0, 0.05) is 19.1 Å². The molecule has 2 unspecified atom stereocenters. The van der Waals surface area contributed by atoms with E-state index in [-0.39, 0.29) is 17.4 Å². The summed E-state index contributed by atoms with van der Waals surface area (Å²) >= 11 is 0. The summed E-state index contributed by atoms with van der Waals surface area (Å²) in [6.45, 7) is 3.15. The SMILES string of the molecule is CC1COC(CN)CN1S(=O)(=O)C1CCCCC1. The van der Waals surface area contributed by atoms with Crippen LogP contribution in [0.4, 0.5) is 0 Å². The van der Waals surface area contributed by atoms with Gasteiger partial charge in [-0.1, -0.05) is 19.3 Å². The fourth-order valence-electron chi connectivity index (χ4n) is 2.84. The molecule has 0 radical (unpaired) electrons. The number of ether oxygens (including phenoxy) is 1. The van der Waals surface area contributed by atoms with Crippen LogP contribution >= 0.6 is 0 Å². The number of rotatable bonds is 3. The quantitative estimate of drug-likeness (QED) is 0.823. The molecule has 1 saturated carbocycles. The van der Waals surface area contributed by atoms with E-state index in [1.54, 1.807) is 4.31 Å². The highest BCUT2D eigenvalue weighted by molar-refractivity contribution is 7.89. The lowest BCUT2D eigenvalue weighted by Gasteiger charge is -2.39. The Morgan fingerprint density at radius 2 is 1.94 bits per heavy atom. The molecule has 1 aliphatic heterocycles. The van der Waals surface area contributed by atoms with E-state index in [0.29, 0.717) is 19.7 Å². The number of morpholine rings is 1. The average Bonchev–Trinajstić information content (AvgIpc) is 2.40. The summed E-state index contributed by atoms with van der Waals surface area (Å²) in [4.78, 5) is 0. The smallest absolute Gasteiger partial charge is 0.217 e. The number of hydrogen-bond donors (Lipinski definition) is 1. The van der Waals surface area contributed by atoms with Gasteiger partial charge in [0.05, 0.1) is 18.0 Å². The normalized spacial score (nSPS) is 32.6. The molecule has 18 heavy (non-hydrogen) atoms. The van der Waals surface area contributed by atoms with Gasteiger partial charge < -0.3 is 10.5 Å². The third-order valence-corrected chi connectivity index (χ3v) is 6.49. The Balaban J connectivity index is 2.11. The first-order chi connectivity index (χ1) is 8.55. The first-order valence-corrected chi connectivity index (χ1v) is 8.38. The van der Waals surface area contributed by atoms with Crippen LogP contribution in [0.5, 0.6) is 0 Å². The van der Waals surface area contributed by atoms with Crippen molar-refractivity contribution in [3.63, 3.8) is 0 Å². The van der Waals surface area contributed by atoms with Gasteiger partial charge in [-0.15, -0.1) is 0 Å². The largest absolute Gasteiger partial charge is 0.374 e. The highest BCUT2D eigenvalue weighted by Gasteiger charge is 2.39. The van der Waals surface area contributed by atoms with Gasteiger partial charge in [0.15, 0.2) is 0 Å². The van der Waals surface area contributed by atoms with Crippen molar-refractivity contribution in [2.45, 2.75) is 56.4 Å². The molecule has 0 aromatic rings. The van der Waals surface area contributed by atoms with Gasteiger partial charge in [-0.3, -0.25) is 0 Å². The fraction of sp³-hybridized carbons (Fsp3) is 1.00. The van der Waals surface area contributed by atoms with Crippen molar-refractivity contribution in [1.82, 2.24) is 4.31 Å². The lowest BCUT2D eigenvalue weighted by molar-refractivity contribution is -0.0224.